The Labute approximate surface area is 88.6 Å². The van der Waals surface area contributed by atoms with Crippen molar-refractivity contribution in [3.63, 3.8) is 0 Å². The summed E-state index contributed by atoms with van der Waals surface area (Å²) in [6.45, 7) is 0.545. The van der Waals surface area contributed by atoms with Crippen LogP contribution in [0.1, 0.15) is 19.3 Å². The van der Waals surface area contributed by atoms with Gasteiger partial charge in [0, 0.05) is 13.0 Å². The molecule has 0 unspecified atom stereocenters. The fourth-order valence-electron chi connectivity index (χ4n) is 1.50. The van der Waals surface area contributed by atoms with Crippen LogP contribution in [0.3, 0.4) is 0 Å². The van der Waals surface area contributed by atoms with E-state index in [4.69, 9.17) is 4.74 Å². The van der Waals surface area contributed by atoms with Crippen LogP contribution < -0.4 is 0 Å². The average molecular weight is 213 g/mol. The SMILES string of the molecule is CO/C=C(/C(=O)OC)N1CCCCC1=O. The van der Waals surface area contributed by atoms with E-state index in [1.54, 1.807) is 0 Å². The number of carbonyl (C=O) groups excluding carboxylic acids is 2. The number of nitrogens with zero attached hydrogens (tertiary/aromatic N) is 1. The van der Waals surface area contributed by atoms with E-state index in [1.165, 1.54) is 25.4 Å². The zero-order valence-corrected chi connectivity index (χ0v) is 8.99. The van der Waals surface area contributed by atoms with Gasteiger partial charge >= 0.3 is 5.97 Å². The van der Waals surface area contributed by atoms with Crippen molar-refractivity contribution < 1.29 is 19.1 Å². The number of carbonyl (C=O) groups is 2. The highest BCUT2D eigenvalue weighted by Gasteiger charge is 2.26. The largest absolute Gasteiger partial charge is 0.502 e. The minimum absolute atomic E-state index is 0.0602. The van der Waals surface area contributed by atoms with Gasteiger partial charge in [0.2, 0.25) is 5.91 Å². The van der Waals surface area contributed by atoms with Gasteiger partial charge in [-0.05, 0) is 12.8 Å². The Balaban J connectivity index is 2.83. The first-order chi connectivity index (χ1) is 7.20. The molecule has 5 nitrogen and oxygen atoms in total. The molecule has 1 amide bonds. The third-order valence-electron chi connectivity index (χ3n) is 2.24. The highest BCUT2D eigenvalue weighted by atomic mass is 16.5. The molecule has 0 radical (unpaired) electrons. The number of rotatable bonds is 3. The van der Waals surface area contributed by atoms with Crippen LogP contribution in [-0.4, -0.2) is 37.5 Å². The Morgan fingerprint density at radius 1 is 1.40 bits per heavy atom. The van der Waals surface area contributed by atoms with Gasteiger partial charge in [0.15, 0.2) is 5.70 Å². The molecule has 84 valence electrons. The molecule has 0 atom stereocenters. The van der Waals surface area contributed by atoms with Crippen LogP contribution in [0, 0.1) is 0 Å². The Morgan fingerprint density at radius 3 is 2.67 bits per heavy atom. The lowest BCUT2D eigenvalue weighted by molar-refractivity contribution is -0.143. The van der Waals surface area contributed by atoms with Crippen LogP contribution in [0.5, 0.6) is 0 Å². The van der Waals surface area contributed by atoms with Crippen LogP contribution in [-0.2, 0) is 19.1 Å². The standard InChI is InChI=1S/C10H15NO4/c1-14-7-8(10(13)15-2)11-6-4-3-5-9(11)12/h7H,3-6H2,1-2H3/b8-7-. The summed E-state index contributed by atoms with van der Waals surface area (Å²) in [6, 6.07) is 0. The van der Waals surface area contributed by atoms with Crippen LogP contribution in [0.2, 0.25) is 0 Å². The molecule has 5 heteroatoms. The van der Waals surface area contributed by atoms with E-state index in [0.29, 0.717) is 13.0 Å². The summed E-state index contributed by atoms with van der Waals surface area (Å²) in [5.41, 5.74) is 0.171. The van der Waals surface area contributed by atoms with Crippen LogP contribution in [0.4, 0.5) is 0 Å². The highest BCUT2D eigenvalue weighted by molar-refractivity contribution is 5.93. The molecule has 1 aliphatic heterocycles. The van der Waals surface area contributed by atoms with E-state index in [0.717, 1.165) is 12.8 Å². The minimum Gasteiger partial charge on any atom is -0.502 e. The van der Waals surface area contributed by atoms with E-state index in [1.807, 2.05) is 0 Å². The van der Waals surface area contributed by atoms with E-state index in [2.05, 4.69) is 4.74 Å². The molecule has 0 saturated carbocycles. The lowest BCUT2D eigenvalue weighted by Gasteiger charge is -2.27. The van der Waals surface area contributed by atoms with Gasteiger partial charge in [0.1, 0.15) is 6.26 Å². The summed E-state index contributed by atoms with van der Waals surface area (Å²) in [5, 5.41) is 0. The molecule has 0 N–H and O–H groups in total. The Hall–Kier alpha value is -1.52. The molecular weight excluding hydrogens is 198 g/mol. The third kappa shape index (κ3) is 2.71. The third-order valence-corrected chi connectivity index (χ3v) is 2.24. The smallest absolute Gasteiger partial charge is 0.358 e. The number of piperidine rings is 1. The molecular formula is C10H15NO4. The Kier molecular flexibility index (Phi) is 4.15. The molecule has 0 spiro atoms. The fraction of sp³-hybridized carbons (Fsp3) is 0.600. The van der Waals surface area contributed by atoms with Gasteiger partial charge in [-0.25, -0.2) is 4.79 Å². The summed E-state index contributed by atoms with van der Waals surface area (Å²) in [7, 11) is 2.71. The predicted octanol–water partition coefficient (Wildman–Crippen LogP) is 0.660. The van der Waals surface area contributed by atoms with Gasteiger partial charge in [-0.1, -0.05) is 0 Å². The van der Waals surface area contributed by atoms with Crippen molar-refractivity contribution in [2.45, 2.75) is 19.3 Å². The zero-order chi connectivity index (χ0) is 11.3. The van der Waals surface area contributed by atoms with Crippen molar-refractivity contribution in [3.05, 3.63) is 12.0 Å². The molecule has 0 aromatic carbocycles. The number of methoxy groups -OCH3 is 2. The molecule has 15 heavy (non-hydrogen) atoms. The number of amides is 1. The maximum Gasteiger partial charge on any atom is 0.358 e. The molecule has 0 aromatic heterocycles. The lowest BCUT2D eigenvalue weighted by atomic mass is 10.1. The number of likely N-dealkylation sites (tertiary alicyclic amines) is 1. The van der Waals surface area contributed by atoms with Gasteiger partial charge < -0.3 is 14.4 Å². The minimum atomic E-state index is -0.549. The van der Waals surface area contributed by atoms with Gasteiger partial charge in [-0.3, -0.25) is 4.79 Å². The molecule has 1 fully saturated rings. The second-order valence-corrected chi connectivity index (χ2v) is 3.23. The number of ether oxygens (including phenoxy) is 2. The van der Waals surface area contributed by atoms with Crippen molar-refractivity contribution >= 4 is 11.9 Å². The monoisotopic (exact) mass is 213 g/mol. The van der Waals surface area contributed by atoms with Crippen molar-refractivity contribution in [2.75, 3.05) is 20.8 Å². The molecule has 0 aliphatic carbocycles. The van der Waals surface area contributed by atoms with Crippen LogP contribution >= 0.6 is 0 Å². The Morgan fingerprint density at radius 2 is 2.13 bits per heavy atom. The van der Waals surface area contributed by atoms with E-state index in [-0.39, 0.29) is 11.6 Å². The molecule has 1 saturated heterocycles. The first kappa shape index (κ1) is 11.6. The van der Waals surface area contributed by atoms with Gasteiger partial charge in [-0.2, -0.15) is 0 Å². The first-order valence-electron chi connectivity index (χ1n) is 4.82. The van der Waals surface area contributed by atoms with E-state index in [9.17, 15) is 9.59 Å². The summed E-state index contributed by atoms with van der Waals surface area (Å²) < 4.78 is 9.36. The van der Waals surface area contributed by atoms with Gasteiger partial charge in [0.25, 0.3) is 0 Å². The summed E-state index contributed by atoms with van der Waals surface area (Å²) in [5.74, 6) is -0.609. The molecule has 0 aromatic rings. The molecule has 1 rings (SSSR count). The Bertz CT molecular complexity index is 285. The quantitative estimate of drug-likeness (QED) is 0.392. The summed E-state index contributed by atoms with van der Waals surface area (Å²) in [6.07, 6.45) is 3.48. The highest BCUT2D eigenvalue weighted by Crippen LogP contribution is 2.17. The van der Waals surface area contributed by atoms with Gasteiger partial charge in [-0.15, -0.1) is 0 Å². The maximum atomic E-state index is 11.6. The predicted molar refractivity (Wildman–Crippen MR) is 52.7 cm³/mol. The van der Waals surface area contributed by atoms with Crippen molar-refractivity contribution in [3.8, 4) is 0 Å². The number of hydrogen-bond donors (Lipinski definition) is 0. The lowest BCUT2D eigenvalue weighted by Crippen LogP contribution is -2.37. The second-order valence-electron chi connectivity index (χ2n) is 3.23. The van der Waals surface area contributed by atoms with Gasteiger partial charge in [0.05, 0.1) is 14.2 Å². The normalized spacial score (nSPS) is 17.6. The van der Waals surface area contributed by atoms with Crippen LogP contribution in [0.25, 0.3) is 0 Å². The van der Waals surface area contributed by atoms with Crippen LogP contribution in [0.15, 0.2) is 12.0 Å². The second kappa shape index (κ2) is 5.38. The fourth-order valence-corrected chi connectivity index (χ4v) is 1.50. The maximum absolute atomic E-state index is 11.6. The van der Waals surface area contributed by atoms with Crippen molar-refractivity contribution in [1.29, 1.82) is 0 Å². The molecule has 1 aliphatic rings. The number of esters is 1. The van der Waals surface area contributed by atoms with E-state index >= 15 is 0 Å². The average Bonchev–Trinajstić information content (AvgIpc) is 2.26. The topological polar surface area (TPSA) is 55.8 Å². The molecule has 0 bridgehead atoms. The van der Waals surface area contributed by atoms with Crippen molar-refractivity contribution in [1.82, 2.24) is 4.90 Å². The summed E-state index contributed by atoms with van der Waals surface area (Å²) in [4.78, 5) is 24.4. The first-order valence-corrected chi connectivity index (χ1v) is 4.82. The number of hydrogen-bond acceptors (Lipinski definition) is 4. The zero-order valence-electron chi connectivity index (χ0n) is 8.99. The summed E-state index contributed by atoms with van der Waals surface area (Å²) >= 11 is 0. The van der Waals surface area contributed by atoms with E-state index < -0.39 is 5.97 Å². The molecule has 1 heterocycles. The van der Waals surface area contributed by atoms with Crippen molar-refractivity contribution in [2.24, 2.45) is 0 Å².